The second-order valence-electron chi connectivity index (χ2n) is 8.34. The summed E-state index contributed by atoms with van der Waals surface area (Å²) in [4.78, 5) is 0. The molecular formula is C24H32. The number of rotatable bonds is 3. The molecule has 1 aliphatic rings. The van der Waals surface area contributed by atoms with Crippen molar-refractivity contribution < 1.29 is 0 Å². The average molecular weight is 321 g/mol. The van der Waals surface area contributed by atoms with E-state index in [2.05, 4.69) is 83.1 Å². The van der Waals surface area contributed by atoms with Gasteiger partial charge in [-0.3, -0.25) is 0 Å². The summed E-state index contributed by atoms with van der Waals surface area (Å²) in [5.74, 6) is 3.76. The van der Waals surface area contributed by atoms with Crippen LogP contribution >= 0.6 is 0 Å². The molecule has 1 saturated carbocycles. The molecule has 2 aromatic rings. The minimum absolute atomic E-state index is 0.531. The molecule has 0 nitrogen and oxygen atoms in total. The Bertz CT molecular complexity index is 592. The summed E-state index contributed by atoms with van der Waals surface area (Å²) in [6, 6.07) is 18.5. The Hall–Kier alpha value is -1.56. The van der Waals surface area contributed by atoms with E-state index in [-0.39, 0.29) is 0 Å². The minimum Gasteiger partial charge on any atom is -0.0622 e. The van der Waals surface area contributed by atoms with Crippen molar-refractivity contribution >= 4 is 0 Å². The fourth-order valence-electron chi connectivity index (χ4n) is 4.60. The summed E-state index contributed by atoms with van der Waals surface area (Å²) >= 11 is 0. The van der Waals surface area contributed by atoms with Crippen molar-refractivity contribution in [3.63, 3.8) is 0 Å². The third kappa shape index (κ3) is 3.58. The van der Waals surface area contributed by atoms with Crippen LogP contribution in [0.4, 0.5) is 0 Å². The Labute approximate surface area is 148 Å². The summed E-state index contributed by atoms with van der Waals surface area (Å²) in [5.41, 5.74) is 5.67. The third-order valence-corrected chi connectivity index (χ3v) is 6.49. The molecule has 2 atom stereocenters. The van der Waals surface area contributed by atoms with Gasteiger partial charge in [-0.2, -0.15) is 0 Å². The van der Waals surface area contributed by atoms with Crippen LogP contribution in [0.25, 0.3) is 0 Å². The summed E-state index contributed by atoms with van der Waals surface area (Å²) in [7, 11) is 0. The normalized spacial score (nSPS) is 27.4. The number of hydrogen-bond donors (Lipinski definition) is 0. The zero-order chi connectivity index (χ0) is 17.3. The minimum atomic E-state index is 0.531. The quantitative estimate of drug-likeness (QED) is 0.586. The van der Waals surface area contributed by atoms with E-state index in [0.29, 0.717) is 5.92 Å². The average Bonchev–Trinajstić information content (AvgIpc) is 2.56. The fourth-order valence-corrected chi connectivity index (χ4v) is 4.60. The van der Waals surface area contributed by atoms with Gasteiger partial charge in [-0.25, -0.2) is 0 Å². The molecule has 0 aromatic heterocycles. The van der Waals surface area contributed by atoms with E-state index < -0.39 is 0 Å². The number of hydrogen-bond acceptors (Lipinski definition) is 0. The number of aryl methyl sites for hydroxylation is 2. The Morgan fingerprint density at radius 1 is 0.667 bits per heavy atom. The maximum atomic E-state index is 2.45. The summed E-state index contributed by atoms with van der Waals surface area (Å²) in [6.07, 6.45) is 2.69. The van der Waals surface area contributed by atoms with E-state index in [1.54, 1.807) is 0 Å². The zero-order valence-electron chi connectivity index (χ0n) is 15.9. The summed E-state index contributed by atoms with van der Waals surface area (Å²) in [6.45, 7) is 11.7. The molecule has 0 N–H and O–H groups in total. The second kappa shape index (κ2) is 7.13. The van der Waals surface area contributed by atoms with Crippen LogP contribution in [0.5, 0.6) is 0 Å². The topological polar surface area (TPSA) is 0 Å². The van der Waals surface area contributed by atoms with Gasteiger partial charge in [0.15, 0.2) is 0 Å². The molecule has 2 unspecified atom stereocenters. The maximum Gasteiger partial charge on any atom is 0.0118 e. The van der Waals surface area contributed by atoms with Crippen molar-refractivity contribution in [3.8, 4) is 0 Å². The molecule has 0 spiro atoms. The standard InChI is InChI=1S/C24H32/c1-16-6-10-21(11-7-16)24(22-12-8-17(2)9-13-22)23-14-18(3)20(5)19(4)15-23/h6-13,18-20,23-24H,14-15H2,1-5H3. The van der Waals surface area contributed by atoms with Gasteiger partial charge in [0, 0.05) is 5.92 Å². The highest BCUT2D eigenvalue weighted by atomic mass is 14.4. The highest BCUT2D eigenvalue weighted by Crippen LogP contribution is 2.46. The molecule has 3 rings (SSSR count). The SMILES string of the molecule is Cc1ccc(C(c2ccc(C)cc2)C2CC(C)C(C)C(C)C2)cc1. The smallest absolute Gasteiger partial charge is 0.0118 e. The molecule has 0 amide bonds. The van der Waals surface area contributed by atoms with E-state index in [9.17, 15) is 0 Å². The third-order valence-electron chi connectivity index (χ3n) is 6.49. The van der Waals surface area contributed by atoms with Crippen molar-refractivity contribution in [2.45, 2.75) is 53.4 Å². The molecule has 0 heteroatoms. The Balaban J connectivity index is 1.98. The van der Waals surface area contributed by atoms with Gasteiger partial charge in [0.05, 0.1) is 0 Å². The summed E-state index contributed by atoms with van der Waals surface area (Å²) < 4.78 is 0. The first-order chi connectivity index (χ1) is 11.5. The van der Waals surface area contributed by atoms with Crippen molar-refractivity contribution in [2.75, 3.05) is 0 Å². The van der Waals surface area contributed by atoms with Gasteiger partial charge in [0.25, 0.3) is 0 Å². The highest BCUT2D eigenvalue weighted by Gasteiger charge is 2.35. The first-order valence-electron chi connectivity index (χ1n) is 9.59. The molecule has 1 fully saturated rings. The fraction of sp³-hybridized carbons (Fsp3) is 0.500. The van der Waals surface area contributed by atoms with Crippen molar-refractivity contribution in [2.24, 2.45) is 23.7 Å². The molecule has 0 bridgehead atoms. The molecule has 0 radical (unpaired) electrons. The summed E-state index contributed by atoms with van der Waals surface area (Å²) in [5, 5.41) is 0. The van der Waals surface area contributed by atoms with Crippen LogP contribution in [0.1, 0.15) is 61.8 Å². The lowest BCUT2D eigenvalue weighted by Crippen LogP contribution is -2.31. The lowest BCUT2D eigenvalue weighted by Gasteiger charge is -2.41. The van der Waals surface area contributed by atoms with Gasteiger partial charge in [-0.1, -0.05) is 80.4 Å². The first kappa shape index (κ1) is 17.3. The zero-order valence-corrected chi connectivity index (χ0v) is 15.9. The maximum absolute atomic E-state index is 2.45. The molecule has 0 heterocycles. The van der Waals surface area contributed by atoms with E-state index in [1.165, 1.54) is 35.1 Å². The number of benzene rings is 2. The van der Waals surface area contributed by atoms with Gasteiger partial charge < -0.3 is 0 Å². The van der Waals surface area contributed by atoms with Crippen molar-refractivity contribution in [1.82, 2.24) is 0 Å². The van der Waals surface area contributed by atoms with Gasteiger partial charge in [0.2, 0.25) is 0 Å². The monoisotopic (exact) mass is 320 g/mol. The van der Waals surface area contributed by atoms with E-state index in [0.717, 1.165) is 23.7 Å². The van der Waals surface area contributed by atoms with E-state index in [4.69, 9.17) is 0 Å². The predicted molar refractivity (Wildman–Crippen MR) is 104 cm³/mol. The molecule has 0 aliphatic heterocycles. The van der Waals surface area contributed by atoms with Crippen LogP contribution in [0.3, 0.4) is 0 Å². The molecule has 1 aliphatic carbocycles. The predicted octanol–water partition coefficient (Wildman–Crippen LogP) is 6.75. The Morgan fingerprint density at radius 2 is 1.04 bits per heavy atom. The van der Waals surface area contributed by atoms with Crippen molar-refractivity contribution in [1.29, 1.82) is 0 Å². The molecular weight excluding hydrogens is 288 g/mol. The molecule has 24 heavy (non-hydrogen) atoms. The van der Waals surface area contributed by atoms with E-state index >= 15 is 0 Å². The van der Waals surface area contributed by atoms with Gasteiger partial charge >= 0.3 is 0 Å². The Kier molecular flexibility index (Phi) is 5.13. The van der Waals surface area contributed by atoms with Crippen LogP contribution in [-0.2, 0) is 0 Å². The molecule has 0 saturated heterocycles. The molecule has 2 aromatic carbocycles. The van der Waals surface area contributed by atoms with Crippen LogP contribution in [0.15, 0.2) is 48.5 Å². The largest absolute Gasteiger partial charge is 0.0622 e. The molecule has 128 valence electrons. The Morgan fingerprint density at radius 3 is 1.42 bits per heavy atom. The van der Waals surface area contributed by atoms with Crippen molar-refractivity contribution in [3.05, 3.63) is 70.8 Å². The lowest BCUT2D eigenvalue weighted by atomic mass is 9.64. The first-order valence-corrected chi connectivity index (χ1v) is 9.59. The van der Waals surface area contributed by atoms with Crippen LogP contribution in [0, 0.1) is 37.5 Å². The van der Waals surface area contributed by atoms with Crippen LogP contribution in [-0.4, -0.2) is 0 Å². The van der Waals surface area contributed by atoms with Crippen LogP contribution < -0.4 is 0 Å². The van der Waals surface area contributed by atoms with Crippen LogP contribution in [0.2, 0.25) is 0 Å². The van der Waals surface area contributed by atoms with E-state index in [1.807, 2.05) is 0 Å². The van der Waals surface area contributed by atoms with Gasteiger partial charge in [-0.05, 0) is 61.5 Å². The lowest BCUT2D eigenvalue weighted by molar-refractivity contribution is 0.132. The highest BCUT2D eigenvalue weighted by molar-refractivity contribution is 5.36. The van der Waals surface area contributed by atoms with Gasteiger partial charge in [-0.15, -0.1) is 0 Å². The second-order valence-corrected chi connectivity index (χ2v) is 8.34. The van der Waals surface area contributed by atoms with Gasteiger partial charge in [0.1, 0.15) is 0 Å².